The minimum atomic E-state index is -0.622. The first kappa shape index (κ1) is 18.7. The summed E-state index contributed by atoms with van der Waals surface area (Å²) in [5.41, 5.74) is 7.23. The molecule has 2 aromatic heterocycles. The lowest BCUT2D eigenvalue weighted by molar-refractivity contribution is -0.383. The average Bonchev–Trinajstić information content (AvgIpc) is 2.70. The number of hydrogen-bond acceptors (Lipinski definition) is 8. The molecule has 0 saturated heterocycles. The van der Waals surface area contributed by atoms with E-state index in [9.17, 15) is 14.9 Å². The van der Waals surface area contributed by atoms with Crippen LogP contribution in [0.4, 0.5) is 23.0 Å². The summed E-state index contributed by atoms with van der Waals surface area (Å²) in [7, 11) is 0. The van der Waals surface area contributed by atoms with Gasteiger partial charge in [-0.1, -0.05) is 18.2 Å². The monoisotopic (exact) mass is 379 g/mol. The van der Waals surface area contributed by atoms with Gasteiger partial charge in [0.05, 0.1) is 4.92 Å². The van der Waals surface area contributed by atoms with Gasteiger partial charge < -0.3 is 5.32 Å². The first-order valence-corrected chi connectivity index (χ1v) is 8.27. The molecule has 0 aliphatic carbocycles. The van der Waals surface area contributed by atoms with Gasteiger partial charge in [0.15, 0.2) is 0 Å². The molecule has 28 heavy (non-hydrogen) atoms. The minimum Gasteiger partial charge on any atom is -0.334 e. The molecular weight excluding hydrogens is 362 g/mol. The van der Waals surface area contributed by atoms with Crippen LogP contribution in [0.2, 0.25) is 0 Å². The predicted octanol–water partition coefficient (Wildman–Crippen LogP) is 2.90. The number of carbonyl (C=O) groups is 1. The molecular formula is C18H17N7O3. The van der Waals surface area contributed by atoms with Crippen LogP contribution in [0.1, 0.15) is 21.6 Å². The maximum absolute atomic E-state index is 12.1. The molecule has 0 atom stereocenters. The van der Waals surface area contributed by atoms with Crippen molar-refractivity contribution in [1.82, 2.24) is 20.4 Å². The third kappa shape index (κ3) is 4.01. The van der Waals surface area contributed by atoms with Gasteiger partial charge >= 0.3 is 5.69 Å². The van der Waals surface area contributed by atoms with Gasteiger partial charge in [0.2, 0.25) is 11.6 Å². The highest BCUT2D eigenvalue weighted by atomic mass is 16.6. The fraction of sp³-hybridized carbons (Fsp3) is 0.111. The summed E-state index contributed by atoms with van der Waals surface area (Å²) in [6.07, 6.45) is 2.63. The van der Waals surface area contributed by atoms with Gasteiger partial charge in [-0.15, -0.1) is 0 Å². The van der Waals surface area contributed by atoms with E-state index in [1.54, 1.807) is 18.2 Å². The third-order valence-electron chi connectivity index (χ3n) is 4.05. The number of hydrogen-bond donors (Lipinski definition) is 3. The third-order valence-corrected chi connectivity index (χ3v) is 4.05. The van der Waals surface area contributed by atoms with Crippen LogP contribution < -0.4 is 16.2 Å². The summed E-state index contributed by atoms with van der Waals surface area (Å²) in [6, 6.07) is 10.4. The lowest BCUT2D eigenvalue weighted by Gasteiger charge is -2.13. The molecule has 0 spiro atoms. The van der Waals surface area contributed by atoms with Gasteiger partial charge in [-0.2, -0.15) is 0 Å². The Labute approximate surface area is 160 Å². The maximum atomic E-state index is 12.1. The zero-order valence-electron chi connectivity index (χ0n) is 15.1. The molecule has 0 saturated carbocycles. The quantitative estimate of drug-likeness (QED) is 0.439. The number of aromatic nitrogens is 3. The standard InChI is InChI=1S/C18H17N7O3/c1-11-6-5-8-13(12(11)2)22-16-15(25(27)28)17(21-10-20-16)23-24-18(26)14-7-3-4-9-19-14/h3-10H,1-2H3,(H,24,26)(H2,20,21,22,23). The van der Waals surface area contributed by atoms with Gasteiger partial charge in [-0.3, -0.25) is 30.7 Å². The number of benzene rings is 1. The number of nitrogens with one attached hydrogen (secondary N) is 3. The fourth-order valence-electron chi connectivity index (χ4n) is 2.43. The second-order valence-corrected chi connectivity index (χ2v) is 5.84. The summed E-state index contributed by atoms with van der Waals surface area (Å²) < 4.78 is 0. The van der Waals surface area contributed by atoms with Crippen LogP contribution in [0.15, 0.2) is 48.9 Å². The fourth-order valence-corrected chi connectivity index (χ4v) is 2.43. The summed E-state index contributed by atoms with van der Waals surface area (Å²) in [4.78, 5) is 34.9. The lowest BCUT2D eigenvalue weighted by Crippen LogP contribution is -2.31. The Morgan fingerprint density at radius 2 is 1.82 bits per heavy atom. The normalized spacial score (nSPS) is 10.2. The van der Waals surface area contributed by atoms with Gasteiger partial charge in [-0.25, -0.2) is 9.97 Å². The molecule has 10 nitrogen and oxygen atoms in total. The number of nitro groups is 1. The molecule has 3 aromatic rings. The molecule has 0 radical (unpaired) electrons. The molecule has 0 aliphatic rings. The molecule has 1 amide bonds. The minimum absolute atomic E-state index is 0.00304. The van der Waals surface area contributed by atoms with Gasteiger partial charge in [0, 0.05) is 11.9 Å². The van der Waals surface area contributed by atoms with Gasteiger partial charge in [0.25, 0.3) is 5.91 Å². The second-order valence-electron chi connectivity index (χ2n) is 5.84. The van der Waals surface area contributed by atoms with E-state index in [1.165, 1.54) is 12.3 Å². The molecule has 2 heterocycles. The number of hydrazine groups is 1. The van der Waals surface area contributed by atoms with Crippen molar-refractivity contribution < 1.29 is 9.72 Å². The number of carbonyl (C=O) groups excluding carboxylic acids is 1. The second kappa shape index (κ2) is 8.08. The molecule has 3 N–H and O–H groups in total. The van der Waals surface area contributed by atoms with Crippen LogP contribution in [0.25, 0.3) is 0 Å². The predicted molar refractivity (Wildman–Crippen MR) is 103 cm³/mol. The Morgan fingerprint density at radius 3 is 2.54 bits per heavy atom. The Morgan fingerprint density at radius 1 is 1.04 bits per heavy atom. The molecule has 0 unspecified atom stereocenters. The highest BCUT2D eigenvalue weighted by Gasteiger charge is 2.24. The summed E-state index contributed by atoms with van der Waals surface area (Å²) in [6.45, 7) is 3.84. The summed E-state index contributed by atoms with van der Waals surface area (Å²) in [5.74, 6) is -0.710. The van der Waals surface area contributed by atoms with Crippen molar-refractivity contribution in [1.29, 1.82) is 0 Å². The number of anilines is 3. The van der Waals surface area contributed by atoms with E-state index in [4.69, 9.17) is 0 Å². The molecule has 10 heteroatoms. The molecule has 0 aliphatic heterocycles. The van der Waals surface area contributed by atoms with Crippen molar-refractivity contribution in [2.45, 2.75) is 13.8 Å². The van der Waals surface area contributed by atoms with Crippen LogP contribution in [0.5, 0.6) is 0 Å². The number of amides is 1. The van der Waals surface area contributed by atoms with Crippen LogP contribution in [0, 0.1) is 24.0 Å². The SMILES string of the molecule is Cc1cccc(Nc2ncnc(NNC(=O)c3ccccn3)c2[N+](=O)[O-])c1C. The van der Waals surface area contributed by atoms with Gasteiger partial charge in [0.1, 0.15) is 12.0 Å². The lowest BCUT2D eigenvalue weighted by atomic mass is 10.1. The number of rotatable bonds is 6. The highest BCUT2D eigenvalue weighted by Crippen LogP contribution is 2.32. The number of pyridine rings is 1. The molecule has 3 rings (SSSR count). The molecule has 0 fully saturated rings. The van der Waals surface area contributed by atoms with Crippen LogP contribution in [-0.4, -0.2) is 25.8 Å². The Balaban J connectivity index is 1.86. The summed E-state index contributed by atoms with van der Waals surface area (Å²) >= 11 is 0. The van der Waals surface area contributed by atoms with E-state index in [0.29, 0.717) is 5.69 Å². The van der Waals surface area contributed by atoms with E-state index >= 15 is 0 Å². The Kier molecular flexibility index (Phi) is 5.40. The molecule has 1 aromatic carbocycles. The smallest absolute Gasteiger partial charge is 0.334 e. The van der Waals surface area contributed by atoms with Crippen molar-refractivity contribution in [3.63, 3.8) is 0 Å². The maximum Gasteiger partial charge on any atom is 0.355 e. The van der Waals surface area contributed by atoms with E-state index in [-0.39, 0.29) is 17.3 Å². The van der Waals surface area contributed by atoms with E-state index in [1.807, 2.05) is 26.0 Å². The van der Waals surface area contributed by atoms with Crippen LogP contribution in [0.3, 0.4) is 0 Å². The van der Waals surface area contributed by atoms with Crippen LogP contribution in [-0.2, 0) is 0 Å². The highest BCUT2D eigenvalue weighted by molar-refractivity contribution is 5.93. The van der Waals surface area contributed by atoms with Gasteiger partial charge in [-0.05, 0) is 43.2 Å². The van der Waals surface area contributed by atoms with Crippen molar-refractivity contribution in [2.24, 2.45) is 0 Å². The largest absolute Gasteiger partial charge is 0.355 e. The number of nitrogens with zero attached hydrogens (tertiary/aromatic N) is 4. The topological polar surface area (TPSA) is 135 Å². The zero-order chi connectivity index (χ0) is 20.1. The van der Waals surface area contributed by atoms with Crippen molar-refractivity contribution in [3.8, 4) is 0 Å². The van der Waals surface area contributed by atoms with Crippen molar-refractivity contribution in [2.75, 3.05) is 10.7 Å². The molecule has 0 bridgehead atoms. The van der Waals surface area contributed by atoms with Crippen LogP contribution >= 0.6 is 0 Å². The first-order chi connectivity index (χ1) is 13.5. The average molecular weight is 379 g/mol. The van der Waals surface area contributed by atoms with E-state index < -0.39 is 16.5 Å². The Bertz CT molecular complexity index is 1020. The van der Waals surface area contributed by atoms with Crippen molar-refractivity contribution >= 4 is 28.9 Å². The first-order valence-electron chi connectivity index (χ1n) is 8.27. The molecule has 142 valence electrons. The summed E-state index contributed by atoms with van der Waals surface area (Å²) in [5, 5.41) is 14.6. The zero-order valence-corrected chi connectivity index (χ0v) is 15.1. The van der Waals surface area contributed by atoms with E-state index in [2.05, 4.69) is 31.1 Å². The Hall–Kier alpha value is -4.08. The number of aryl methyl sites for hydroxylation is 1. The van der Waals surface area contributed by atoms with Crippen molar-refractivity contribution in [3.05, 3.63) is 75.9 Å². The van der Waals surface area contributed by atoms with E-state index in [0.717, 1.165) is 17.5 Å².